The number of hydrogen-bond acceptors (Lipinski definition) is 2. The molecule has 0 radical (unpaired) electrons. The SMILES string of the molecule is CCCCCN=C(NCC)NCCC(=O)N(CC)CC.I. The number of halogens is 1. The number of rotatable bonds is 10. The first kappa shape index (κ1) is 22.7. The number of guanidine groups is 1. The second-order valence-electron chi connectivity index (χ2n) is 4.71. The van der Waals surface area contributed by atoms with Gasteiger partial charge in [-0.2, -0.15) is 0 Å². The van der Waals surface area contributed by atoms with Crippen LogP contribution in [0.1, 0.15) is 53.4 Å². The quantitative estimate of drug-likeness (QED) is 0.251. The molecule has 0 unspecified atom stereocenters. The Morgan fingerprint density at radius 1 is 1.05 bits per heavy atom. The van der Waals surface area contributed by atoms with E-state index in [-0.39, 0.29) is 29.9 Å². The van der Waals surface area contributed by atoms with E-state index in [0.29, 0.717) is 13.0 Å². The van der Waals surface area contributed by atoms with Crippen LogP contribution in [0.4, 0.5) is 0 Å². The van der Waals surface area contributed by atoms with Gasteiger partial charge in [0, 0.05) is 39.1 Å². The zero-order valence-electron chi connectivity index (χ0n) is 14.1. The number of carbonyl (C=O) groups excluding carboxylic acids is 1. The molecule has 0 aromatic carbocycles. The van der Waals surface area contributed by atoms with Gasteiger partial charge in [-0.15, -0.1) is 24.0 Å². The normalized spacial score (nSPS) is 10.8. The van der Waals surface area contributed by atoms with Crippen molar-refractivity contribution in [2.45, 2.75) is 53.4 Å². The van der Waals surface area contributed by atoms with Gasteiger partial charge in [-0.1, -0.05) is 19.8 Å². The summed E-state index contributed by atoms with van der Waals surface area (Å²) in [5.41, 5.74) is 0. The van der Waals surface area contributed by atoms with Gasteiger partial charge in [0.05, 0.1) is 0 Å². The molecule has 5 nitrogen and oxygen atoms in total. The molecule has 0 saturated heterocycles. The lowest BCUT2D eigenvalue weighted by atomic mass is 10.2. The second-order valence-corrected chi connectivity index (χ2v) is 4.71. The van der Waals surface area contributed by atoms with Crippen molar-refractivity contribution in [1.29, 1.82) is 0 Å². The van der Waals surface area contributed by atoms with E-state index in [1.807, 2.05) is 25.7 Å². The van der Waals surface area contributed by atoms with Gasteiger partial charge >= 0.3 is 0 Å². The Morgan fingerprint density at radius 3 is 2.24 bits per heavy atom. The standard InChI is InChI=1S/C15H32N4O.HI/c1-5-9-10-12-17-15(16-6-2)18-13-11-14(20)19(7-3)8-4;/h5-13H2,1-4H3,(H2,16,17,18);1H. The van der Waals surface area contributed by atoms with Crippen LogP contribution in [-0.4, -0.2) is 49.5 Å². The lowest BCUT2D eigenvalue weighted by molar-refractivity contribution is -0.130. The predicted octanol–water partition coefficient (Wildman–Crippen LogP) is 2.61. The fourth-order valence-electron chi connectivity index (χ4n) is 1.92. The zero-order chi connectivity index (χ0) is 15.2. The molecule has 0 aromatic heterocycles. The number of unbranched alkanes of at least 4 members (excludes halogenated alkanes) is 2. The summed E-state index contributed by atoms with van der Waals surface area (Å²) >= 11 is 0. The third-order valence-corrected chi connectivity index (χ3v) is 3.12. The molecule has 0 aliphatic carbocycles. The first-order valence-corrected chi connectivity index (χ1v) is 7.99. The Balaban J connectivity index is 0. The highest BCUT2D eigenvalue weighted by atomic mass is 127. The Morgan fingerprint density at radius 2 is 1.71 bits per heavy atom. The summed E-state index contributed by atoms with van der Waals surface area (Å²) < 4.78 is 0. The lowest BCUT2D eigenvalue weighted by Crippen LogP contribution is -2.40. The van der Waals surface area contributed by atoms with Gasteiger partial charge in [0.2, 0.25) is 5.91 Å². The molecule has 0 spiro atoms. The topological polar surface area (TPSA) is 56.7 Å². The lowest BCUT2D eigenvalue weighted by Gasteiger charge is -2.19. The fraction of sp³-hybridized carbons (Fsp3) is 0.867. The summed E-state index contributed by atoms with van der Waals surface area (Å²) in [4.78, 5) is 18.2. The molecule has 0 rings (SSSR count). The van der Waals surface area contributed by atoms with E-state index in [9.17, 15) is 4.79 Å². The largest absolute Gasteiger partial charge is 0.357 e. The van der Waals surface area contributed by atoms with E-state index in [1.54, 1.807) is 0 Å². The predicted molar refractivity (Wildman–Crippen MR) is 101 cm³/mol. The maximum atomic E-state index is 11.9. The summed E-state index contributed by atoms with van der Waals surface area (Å²) in [6, 6.07) is 0. The zero-order valence-corrected chi connectivity index (χ0v) is 16.4. The molecule has 1 amide bonds. The summed E-state index contributed by atoms with van der Waals surface area (Å²) in [6.07, 6.45) is 4.05. The first-order valence-electron chi connectivity index (χ1n) is 7.99. The summed E-state index contributed by atoms with van der Waals surface area (Å²) in [6.45, 7) is 12.1. The molecule has 2 N–H and O–H groups in total. The van der Waals surface area contributed by atoms with E-state index >= 15 is 0 Å². The minimum atomic E-state index is 0. The average molecular weight is 412 g/mol. The number of nitrogens with zero attached hydrogens (tertiary/aromatic N) is 2. The molecular formula is C15H33IN4O. The minimum absolute atomic E-state index is 0. The van der Waals surface area contributed by atoms with Gasteiger partial charge in [0.25, 0.3) is 0 Å². The highest BCUT2D eigenvalue weighted by Gasteiger charge is 2.08. The Hall–Kier alpha value is -0.530. The van der Waals surface area contributed by atoms with Crippen LogP contribution in [-0.2, 0) is 4.79 Å². The third-order valence-electron chi connectivity index (χ3n) is 3.12. The number of aliphatic imine (C=N–C) groups is 1. The van der Waals surface area contributed by atoms with E-state index in [2.05, 4.69) is 22.5 Å². The van der Waals surface area contributed by atoms with E-state index in [0.717, 1.165) is 38.6 Å². The highest BCUT2D eigenvalue weighted by molar-refractivity contribution is 14.0. The molecule has 0 aliphatic rings. The fourth-order valence-corrected chi connectivity index (χ4v) is 1.92. The van der Waals surface area contributed by atoms with Crippen molar-refractivity contribution in [3.63, 3.8) is 0 Å². The molecule has 0 atom stereocenters. The first-order chi connectivity index (χ1) is 9.69. The molecular weight excluding hydrogens is 379 g/mol. The van der Waals surface area contributed by atoms with Gasteiger partial charge in [-0.25, -0.2) is 0 Å². The summed E-state index contributed by atoms with van der Waals surface area (Å²) in [5.74, 6) is 1.01. The Kier molecular flexibility index (Phi) is 17.2. The average Bonchev–Trinajstić information content (AvgIpc) is 2.44. The second kappa shape index (κ2) is 15.9. The van der Waals surface area contributed by atoms with Crippen LogP contribution in [0.3, 0.4) is 0 Å². The van der Waals surface area contributed by atoms with Crippen molar-refractivity contribution in [1.82, 2.24) is 15.5 Å². The monoisotopic (exact) mass is 412 g/mol. The van der Waals surface area contributed by atoms with Crippen LogP contribution >= 0.6 is 24.0 Å². The molecule has 0 fully saturated rings. The maximum absolute atomic E-state index is 11.9. The van der Waals surface area contributed by atoms with Crippen LogP contribution in [0.5, 0.6) is 0 Å². The highest BCUT2D eigenvalue weighted by Crippen LogP contribution is 1.94. The maximum Gasteiger partial charge on any atom is 0.224 e. The Labute approximate surface area is 147 Å². The van der Waals surface area contributed by atoms with Gasteiger partial charge in [-0.3, -0.25) is 9.79 Å². The van der Waals surface area contributed by atoms with Crippen LogP contribution in [0.2, 0.25) is 0 Å². The number of nitrogens with one attached hydrogen (secondary N) is 2. The van der Waals surface area contributed by atoms with Crippen molar-refractivity contribution >= 4 is 35.8 Å². The molecule has 0 heterocycles. The van der Waals surface area contributed by atoms with Crippen LogP contribution in [0.15, 0.2) is 4.99 Å². The molecule has 0 saturated carbocycles. The van der Waals surface area contributed by atoms with Crippen LogP contribution in [0, 0.1) is 0 Å². The Bertz CT molecular complexity index is 281. The van der Waals surface area contributed by atoms with Gasteiger partial charge in [0.1, 0.15) is 0 Å². The molecule has 0 aromatic rings. The molecule has 21 heavy (non-hydrogen) atoms. The number of amides is 1. The van der Waals surface area contributed by atoms with Crippen molar-refractivity contribution in [3.8, 4) is 0 Å². The third kappa shape index (κ3) is 11.8. The molecule has 6 heteroatoms. The van der Waals surface area contributed by atoms with E-state index in [1.165, 1.54) is 12.8 Å². The number of carbonyl (C=O) groups is 1. The van der Waals surface area contributed by atoms with Crippen molar-refractivity contribution < 1.29 is 4.79 Å². The van der Waals surface area contributed by atoms with Gasteiger partial charge in [0.15, 0.2) is 5.96 Å². The summed E-state index contributed by atoms with van der Waals surface area (Å²) in [7, 11) is 0. The number of hydrogen-bond donors (Lipinski definition) is 2. The molecule has 0 aliphatic heterocycles. The smallest absolute Gasteiger partial charge is 0.224 e. The van der Waals surface area contributed by atoms with E-state index < -0.39 is 0 Å². The van der Waals surface area contributed by atoms with Crippen LogP contribution < -0.4 is 10.6 Å². The van der Waals surface area contributed by atoms with Crippen LogP contribution in [0.25, 0.3) is 0 Å². The van der Waals surface area contributed by atoms with Crippen molar-refractivity contribution in [3.05, 3.63) is 0 Å². The molecule has 126 valence electrons. The van der Waals surface area contributed by atoms with Crippen molar-refractivity contribution in [2.75, 3.05) is 32.7 Å². The van der Waals surface area contributed by atoms with Crippen molar-refractivity contribution in [2.24, 2.45) is 4.99 Å². The van der Waals surface area contributed by atoms with Gasteiger partial charge in [-0.05, 0) is 27.2 Å². The van der Waals surface area contributed by atoms with Gasteiger partial charge < -0.3 is 15.5 Å². The minimum Gasteiger partial charge on any atom is -0.357 e. The summed E-state index contributed by atoms with van der Waals surface area (Å²) in [5, 5.41) is 6.43. The van der Waals surface area contributed by atoms with E-state index in [4.69, 9.17) is 0 Å². The molecule has 0 bridgehead atoms.